The molecule has 0 saturated heterocycles. The molecule has 0 radical (unpaired) electrons. The van der Waals surface area contributed by atoms with Gasteiger partial charge in [-0.05, 0) is 57.8 Å². The van der Waals surface area contributed by atoms with E-state index in [1.165, 1.54) is 96.3 Å². The van der Waals surface area contributed by atoms with E-state index in [0.29, 0.717) is 6.42 Å². The summed E-state index contributed by atoms with van der Waals surface area (Å²) in [7, 11) is 0. The summed E-state index contributed by atoms with van der Waals surface area (Å²) in [5.41, 5.74) is 0. The summed E-state index contributed by atoms with van der Waals surface area (Å²) in [5, 5.41) is 8.75. The van der Waals surface area contributed by atoms with Crippen LogP contribution in [0, 0.1) is 0 Å². The van der Waals surface area contributed by atoms with Crippen LogP contribution in [-0.4, -0.2) is 23.1 Å². The molecular formula is C35H66O4. The molecule has 1 unspecified atom stereocenters. The van der Waals surface area contributed by atoms with Crippen LogP contribution in [-0.2, 0) is 14.3 Å². The van der Waals surface area contributed by atoms with E-state index < -0.39 is 5.97 Å². The van der Waals surface area contributed by atoms with E-state index in [9.17, 15) is 9.59 Å². The molecule has 4 heteroatoms. The van der Waals surface area contributed by atoms with Gasteiger partial charge < -0.3 is 9.84 Å². The van der Waals surface area contributed by atoms with Gasteiger partial charge in [-0.3, -0.25) is 9.59 Å². The van der Waals surface area contributed by atoms with Crippen LogP contribution in [0.5, 0.6) is 0 Å². The van der Waals surface area contributed by atoms with Crippen LogP contribution in [0.15, 0.2) is 12.2 Å². The van der Waals surface area contributed by atoms with Crippen molar-refractivity contribution in [2.45, 2.75) is 200 Å². The molecule has 0 fully saturated rings. The molecule has 0 aliphatic rings. The number of aliphatic carboxylic acids is 1. The van der Waals surface area contributed by atoms with Crippen molar-refractivity contribution in [1.82, 2.24) is 0 Å². The van der Waals surface area contributed by atoms with Crippen LogP contribution >= 0.6 is 0 Å². The number of carboxylic acid groups (broad SMARTS) is 1. The third-order valence-electron chi connectivity index (χ3n) is 7.74. The molecule has 1 N–H and O–H groups in total. The second kappa shape index (κ2) is 31.2. The summed E-state index contributed by atoms with van der Waals surface area (Å²) < 4.78 is 5.97. The van der Waals surface area contributed by atoms with Crippen molar-refractivity contribution in [3.05, 3.63) is 12.2 Å². The molecule has 230 valence electrons. The highest BCUT2D eigenvalue weighted by molar-refractivity contribution is 5.69. The molecule has 0 aromatic heterocycles. The summed E-state index contributed by atoms with van der Waals surface area (Å²) >= 11 is 0. The van der Waals surface area contributed by atoms with Crippen LogP contribution in [0.1, 0.15) is 194 Å². The molecule has 0 saturated carbocycles. The molecule has 0 rings (SSSR count). The zero-order valence-electron chi connectivity index (χ0n) is 26.2. The molecular weight excluding hydrogens is 484 g/mol. The Hall–Kier alpha value is -1.32. The Bertz CT molecular complexity index is 557. The third-order valence-corrected chi connectivity index (χ3v) is 7.74. The van der Waals surface area contributed by atoms with Gasteiger partial charge in [-0.1, -0.05) is 135 Å². The molecule has 0 aliphatic carbocycles. The number of hydrogen-bond donors (Lipinski definition) is 1. The van der Waals surface area contributed by atoms with Crippen molar-refractivity contribution in [3.63, 3.8) is 0 Å². The number of carboxylic acids is 1. The van der Waals surface area contributed by atoms with E-state index in [2.05, 4.69) is 26.0 Å². The SMILES string of the molecule is CCCC/C=C\CCCCCCCCC(=O)OC(CCCCCCCCCC)CCCCCCCCC(=O)O. The Morgan fingerprint density at radius 3 is 1.46 bits per heavy atom. The van der Waals surface area contributed by atoms with Gasteiger partial charge in [-0.15, -0.1) is 0 Å². The fourth-order valence-electron chi connectivity index (χ4n) is 5.16. The highest BCUT2D eigenvalue weighted by Crippen LogP contribution is 2.19. The molecule has 0 bridgehead atoms. The first-order valence-electron chi connectivity index (χ1n) is 17.2. The lowest BCUT2D eigenvalue weighted by Crippen LogP contribution is -2.18. The summed E-state index contributed by atoms with van der Waals surface area (Å²) in [6.07, 6.45) is 36.5. The average molecular weight is 551 g/mol. The number of allylic oxidation sites excluding steroid dienone is 2. The van der Waals surface area contributed by atoms with Crippen LogP contribution in [0.4, 0.5) is 0 Å². The van der Waals surface area contributed by atoms with Crippen LogP contribution in [0.25, 0.3) is 0 Å². The first-order chi connectivity index (χ1) is 19.1. The van der Waals surface area contributed by atoms with Crippen molar-refractivity contribution in [3.8, 4) is 0 Å². The van der Waals surface area contributed by atoms with Crippen molar-refractivity contribution in [1.29, 1.82) is 0 Å². The summed E-state index contributed by atoms with van der Waals surface area (Å²) in [4.78, 5) is 23.2. The lowest BCUT2D eigenvalue weighted by Gasteiger charge is -2.18. The second-order valence-corrected chi connectivity index (χ2v) is 11.7. The number of carbonyl (C=O) groups is 2. The van der Waals surface area contributed by atoms with Crippen molar-refractivity contribution >= 4 is 11.9 Å². The number of unbranched alkanes of at least 4 members (excludes halogenated alkanes) is 20. The van der Waals surface area contributed by atoms with Gasteiger partial charge in [0.25, 0.3) is 0 Å². The molecule has 0 aromatic rings. The zero-order valence-corrected chi connectivity index (χ0v) is 26.2. The van der Waals surface area contributed by atoms with Crippen LogP contribution in [0.2, 0.25) is 0 Å². The fraction of sp³-hybridized carbons (Fsp3) is 0.886. The van der Waals surface area contributed by atoms with Crippen molar-refractivity contribution in [2.75, 3.05) is 0 Å². The highest BCUT2D eigenvalue weighted by atomic mass is 16.5. The minimum Gasteiger partial charge on any atom is -0.481 e. The van der Waals surface area contributed by atoms with E-state index in [-0.39, 0.29) is 18.5 Å². The Morgan fingerprint density at radius 1 is 0.538 bits per heavy atom. The normalized spacial score (nSPS) is 12.3. The monoisotopic (exact) mass is 550 g/mol. The van der Waals surface area contributed by atoms with Gasteiger partial charge in [0.15, 0.2) is 0 Å². The maximum absolute atomic E-state index is 12.6. The van der Waals surface area contributed by atoms with E-state index in [1.807, 2.05) is 0 Å². The summed E-state index contributed by atoms with van der Waals surface area (Å²) in [6.45, 7) is 4.50. The predicted octanol–water partition coefficient (Wildman–Crippen LogP) is 11.5. The highest BCUT2D eigenvalue weighted by Gasteiger charge is 2.14. The lowest BCUT2D eigenvalue weighted by molar-refractivity contribution is -0.150. The quantitative estimate of drug-likeness (QED) is 0.0529. The number of ether oxygens (including phenoxy) is 1. The van der Waals surface area contributed by atoms with Crippen molar-refractivity contribution in [2.24, 2.45) is 0 Å². The molecule has 39 heavy (non-hydrogen) atoms. The predicted molar refractivity (Wildman–Crippen MR) is 167 cm³/mol. The topological polar surface area (TPSA) is 63.6 Å². The van der Waals surface area contributed by atoms with Gasteiger partial charge in [0, 0.05) is 12.8 Å². The number of carbonyl (C=O) groups excluding carboxylic acids is 1. The maximum atomic E-state index is 12.6. The Balaban J connectivity index is 4.04. The molecule has 0 aromatic carbocycles. The smallest absolute Gasteiger partial charge is 0.306 e. The Morgan fingerprint density at radius 2 is 0.949 bits per heavy atom. The first-order valence-corrected chi connectivity index (χ1v) is 17.2. The Kier molecular flexibility index (Phi) is 30.2. The van der Waals surface area contributed by atoms with Crippen molar-refractivity contribution < 1.29 is 19.4 Å². The molecule has 0 aliphatic heterocycles. The minimum atomic E-state index is -0.693. The largest absolute Gasteiger partial charge is 0.481 e. The fourth-order valence-corrected chi connectivity index (χ4v) is 5.16. The van der Waals surface area contributed by atoms with E-state index >= 15 is 0 Å². The standard InChI is InChI=1S/C35H66O4/c1-3-5-7-9-11-13-14-15-16-18-24-28-32-35(38)39-33(29-25-21-17-12-10-8-6-4-2)30-26-22-19-20-23-27-31-34(36)37/h9,11,33H,3-8,10,12-32H2,1-2H3,(H,36,37)/b11-9-. The molecule has 0 amide bonds. The summed E-state index contributed by atoms with van der Waals surface area (Å²) in [5.74, 6) is -0.688. The lowest BCUT2D eigenvalue weighted by atomic mass is 10.0. The summed E-state index contributed by atoms with van der Waals surface area (Å²) in [6, 6.07) is 0. The van der Waals surface area contributed by atoms with E-state index in [4.69, 9.17) is 9.84 Å². The zero-order chi connectivity index (χ0) is 28.7. The van der Waals surface area contributed by atoms with Gasteiger partial charge in [-0.25, -0.2) is 0 Å². The average Bonchev–Trinajstić information content (AvgIpc) is 2.91. The minimum absolute atomic E-state index is 0.00505. The van der Waals surface area contributed by atoms with Gasteiger partial charge in [0.2, 0.25) is 0 Å². The van der Waals surface area contributed by atoms with Crippen LogP contribution in [0.3, 0.4) is 0 Å². The van der Waals surface area contributed by atoms with E-state index in [1.54, 1.807) is 0 Å². The number of esters is 1. The molecule has 1 atom stereocenters. The molecule has 0 spiro atoms. The second-order valence-electron chi connectivity index (χ2n) is 11.7. The third kappa shape index (κ3) is 31.1. The van der Waals surface area contributed by atoms with Gasteiger partial charge in [-0.2, -0.15) is 0 Å². The Labute approximate surface area is 243 Å². The number of rotatable bonds is 31. The first kappa shape index (κ1) is 37.7. The van der Waals surface area contributed by atoms with E-state index in [0.717, 1.165) is 70.6 Å². The maximum Gasteiger partial charge on any atom is 0.306 e. The van der Waals surface area contributed by atoms with Gasteiger partial charge in [0.1, 0.15) is 6.10 Å². The van der Waals surface area contributed by atoms with Gasteiger partial charge >= 0.3 is 11.9 Å². The molecule has 0 heterocycles. The van der Waals surface area contributed by atoms with Gasteiger partial charge in [0.05, 0.1) is 0 Å². The number of hydrogen-bond acceptors (Lipinski definition) is 3. The van der Waals surface area contributed by atoms with Crippen LogP contribution < -0.4 is 0 Å². The molecule has 4 nitrogen and oxygen atoms in total.